The van der Waals surface area contributed by atoms with Gasteiger partial charge in [-0.05, 0) is 26.0 Å². The molecule has 1 saturated heterocycles. The van der Waals surface area contributed by atoms with Gasteiger partial charge in [0.15, 0.2) is 0 Å². The maximum atomic E-state index is 10.1. The summed E-state index contributed by atoms with van der Waals surface area (Å²) in [6, 6.07) is 7.39. The Kier molecular flexibility index (Phi) is 5.85. The van der Waals surface area contributed by atoms with Crippen molar-refractivity contribution in [3.05, 3.63) is 24.3 Å². The van der Waals surface area contributed by atoms with E-state index in [1.54, 1.807) is 7.11 Å². The maximum absolute atomic E-state index is 10.1. The van der Waals surface area contributed by atoms with Crippen molar-refractivity contribution in [2.75, 3.05) is 33.4 Å². The number of hydrogen-bond acceptors (Lipinski definition) is 5. The molecule has 5 nitrogen and oxygen atoms in total. The summed E-state index contributed by atoms with van der Waals surface area (Å²) in [6.45, 7) is 6.68. The molecule has 1 N–H and O–H groups in total. The summed E-state index contributed by atoms with van der Waals surface area (Å²) in [5, 5.41) is 10.1. The van der Waals surface area contributed by atoms with Crippen LogP contribution in [0.5, 0.6) is 11.5 Å². The summed E-state index contributed by atoms with van der Waals surface area (Å²) in [5.41, 5.74) is 0. The molecule has 0 radical (unpaired) electrons. The second kappa shape index (κ2) is 7.64. The average Bonchev–Trinajstić information content (AvgIpc) is 2.44. The van der Waals surface area contributed by atoms with Crippen LogP contribution in [-0.4, -0.2) is 61.7 Å². The van der Waals surface area contributed by atoms with Gasteiger partial charge in [0.25, 0.3) is 0 Å². The minimum atomic E-state index is -0.520. The van der Waals surface area contributed by atoms with Crippen molar-refractivity contribution < 1.29 is 19.3 Å². The van der Waals surface area contributed by atoms with E-state index in [2.05, 4.69) is 18.7 Å². The fourth-order valence-electron chi connectivity index (χ4n) is 2.67. The maximum Gasteiger partial charge on any atom is 0.123 e. The van der Waals surface area contributed by atoms with Crippen molar-refractivity contribution in [3.8, 4) is 11.5 Å². The zero-order chi connectivity index (χ0) is 15.2. The highest BCUT2D eigenvalue weighted by atomic mass is 16.5. The van der Waals surface area contributed by atoms with E-state index in [0.29, 0.717) is 12.3 Å². The third-order valence-corrected chi connectivity index (χ3v) is 3.45. The third-order valence-electron chi connectivity index (χ3n) is 3.45. The zero-order valence-corrected chi connectivity index (χ0v) is 13.0. The van der Waals surface area contributed by atoms with Gasteiger partial charge in [0, 0.05) is 25.7 Å². The van der Waals surface area contributed by atoms with Crippen LogP contribution in [0.25, 0.3) is 0 Å². The molecule has 0 unspecified atom stereocenters. The molecule has 0 saturated carbocycles. The molecule has 3 atom stereocenters. The van der Waals surface area contributed by atoms with E-state index in [4.69, 9.17) is 14.2 Å². The summed E-state index contributed by atoms with van der Waals surface area (Å²) in [7, 11) is 1.62. The second-order valence-corrected chi connectivity index (χ2v) is 5.62. The predicted octanol–water partition coefficient (Wildman–Crippen LogP) is 1.54. The van der Waals surface area contributed by atoms with Gasteiger partial charge in [-0.3, -0.25) is 4.90 Å². The van der Waals surface area contributed by atoms with Crippen LogP contribution < -0.4 is 9.47 Å². The molecule has 1 fully saturated rings. The van der Waals surface area contributed by atoms with Gasteiger partial charge in [0.05, 0.1) is 19.3 Å². The van der Waals surface area contributed by atoms with Crippen LogP contribution in [0.3, 0.4) is 0 Å². The number of morpholine rings is 1. The van der Waals surface area contributed by atoms with Crippen LogP contribution in [0.4, 0.5) is 0 Å². The zero-order valence-electron chi connectivity index (χ0n) is 13.0. The highest BCUT2D eigenvalue weighted by molar-refractivity contribution is 5.32. The molecule has 1 aromatic rings. The van der Waals surface area contributed by atoms with E-state index < -0.39 is 6.10 Å². The molecule has 0 aromatic heterocycles. The molecule has 0 spiro atoms. The Morgan fingerprint density at radius 2 is 1.95 bits per heavy atom. The number of nitrogens with zero attached hydrogens (tertiary/aromatic N) is 1. The number of ether oxygens (including phenoxy) is 3. The smallest absolute Gasteiger partial charge is 0.123 e. The molecule has 21 heavy (non-hydrogen) atoms. The lowest BCUT2D eigenvalue weighted by Crippen LogP contribution is -2.48. The molecule has 1 aliphatic rings. The summed E-state index contributed by atoms with van der Waals surface area (Å²) < 4.78 is 16.4. The van der Waals surface area contributed by atoms with E-state index in [1.807, 2.05) is 24.3 Å². The molecular formula is C16H25NO4. The van der Waals surface area contributed by atoms with Crippen molar-refractivity contribution in [2.45, 2.75) is 32.2 Å². The minimum absolute atomic E-state index is 0.209. The van der Waals surface area contributed by atoms with Gasteiger partial charge in [-0.2, -0.15) is 0 Å². The fourth-order valence-corrected chi connectivity index (χ4v) is 2.67. The molecule has 5 heteroatoms. The first kappa shape index (κ1) is 16.1. The lowest BCUT2D eigenvalue weighted by Gasteiger charge is -2.36. The SMILES string of the molecule is COc1cccc(OC[C@@H](O)CN2C[C@@H](C)O[C@@H](C)C2)c1. The molecule has 118 valence electrons. The summed E-state index contributed by atoms with van der Waals surface area (Å²) >= 11 is 0. The fraction of sp³-hybridized carbons (Fsp3) is 0.625. The Morgan fingerprint density at radius 1 is 1.29 bits per heavy atom. The van der Waals surface area contributed by atoms with E-state index in [1.165, 1.54) is 0 Å². The van der Waals surface area contributed by atoms with Crippen LogP contribution in [0.1, 0.15) is 13.8 Å². The largest absolute Gasteiger partial charge is 0.497 e. The quantitative estimate of drug-likeness (QED) is 0.863. The second-order valence-electron chi connectivity index (χ2n) is 5.62. The first-order chi connectivity index (χ1) is 10.1. The first-order valence-corrected chi connectivity index (χ1v) is 7.39. The van der Waals surface area contributed by atoms with Crippen LogP contribution in [0.15, 0.2) is 24.3 Å². The van der Waals surface area contributed by atoms with E-state index >= 15 is 0 Å². The van der Waals surface area contributed by atoms with E-state index in [-0.39, 0.29) is 18.8 Å². The van der Waals surface area contributed by atoms with Crippen LogP contribution >= 0.6 is 0 Å². The average molecular weight is 295 g/mol. The van der Waals surface area contributed by atoms with Gasteiger partial charge in [-0.15, -0.1) is 0 Å². The molecule has 0 aliphatic carbocycles. The molecule has 2 rings (SSSR count). The Balaban J connectivity index is 1.77. The Labute approximate surface area is 126 Å². The van der Waals surface area contributed by atoms with Gasteiger partial charge in [-0.25, -0.2) is 0 Å². The number of rotatable bonds is 6. The van der Waals surface area contributed by atoms with Gasteiger partial charge < -0.3 is 19.3 Å². The number of methoxy groups -OCH3 is 1. The number of hydrogen-bond donors (Lipinski definition) is 1. The van der Waals surface area contributed by atoms with E-state index in [0.717, 1.165) is 18.8 Å². The number of β-amino-alcohol motifs (C(OH)–C–C–N with tert-alkyl or cyclic N) is 1. The van der Waals surface area contributed by atoms with Crippen molar-refractivity contribution >= 4 is 0 Å². The number of aliphatic hydroxyl groups is 1. The number of benzene rings is 1. The Morgan fingerprint density at radius 3 is 2.62 bits per heavy atom. The number of aliphatic hydroxyl groups excluding tert-OH is 1. The molecule has 0 bridgehead atoms. The lowest BCUT2D eigenvalue weighted by atomic mass is 10.2. The molecule has 0 amide bonds. The third kappa shape index (κ3) is 5.19. The lowest BCUT2D eigenvalue weighted by molar-refractivity contribution is -0.0786. The highest BCUT2D eigenvalue weighted by Crippen LogP contribution is 2.19. The summed E-state index contributed by atoms with van der Waals surface area (Å²) in [6.07, 6.45) is -0.103. The molecule has 1 aliphatic heterocycles. The molecule has 1 heterocycles. The van der Waals surface area contributed by atoms with Gasteiger partial charge >= 0.3 is 0 Å². The Bertz CT molecular complexity index is 430. The van der Waals surface area contributed by atoms with Gasteiger partial charge in [-0.1, -0.05) is 6.07 Å². The standard InChI is InChI=1S/C16H25NO4/c1-12-8-17(9-13(2)21-12)10-14(18)11-20-16-6-4-5-15(7-16)19-3/h4-7,12-14,18H,8-11H2,1-3H3/t12-,13+,14-/m0/s1. The van der Waals surface area contributed by atoms with Gasteiger partial charge in [0.1, 0.15) is 24.2 Å². The van der Waals surface area contributed by atoms with Crippen molar-refractivity contribution in [3.63, 3.8) is 0 Å². The molecule has 1 aromatic carbocycles. The summed E-state index contributed by atoms with van der Waals surface area (Å²) in [5.74, 6) is 1.45. The predicted molar refractivity (Wildman–Crippen MR) is 80.9 cm³/mol. The normalized spacial score (nSPS) is 24.6. The Hall–Kier alpha value is -1.30. The van der Waals surface area contributed by atoms with Gasteiger partial charge in [0.2, 0.25) is 0 Å². The first-order valence-electron chi connectivity index (χ1n) is 7.39. The van der Waals surface area contributed by atoms with Crippen molar-refractivity contribution in [2.24, 2.45) is 0 Å². The topological polar surface area (TPSA) is 51.2 Å². The molecular weight excluding hydrogens is 270 g/mol. The highest BCUT2D eigenvalue weighted by Gasteiger charge is 2.23. The van der Waals surface area contributed by atoms with Crippen LogP contribution in [-0.2, 0) is 4.74 Å². The monoisotopic (exact) mass is 295 g/mol. The van der Waals surface area contributed by atoms with E-state index in [9.17, 15) is 5.11 Å². The summed E-state index contributed by atoms with van der Waals surface area (Å²) in [4.78, 5) is 2.22. The van der Waals surface area contributed by atoms with Crippen molar-refractivity contribution in [1.82, 2.24) is 4.90 Å². The van der Waals surface area contributed by atoms with Crippen LogP contribution in [0, 0.1) is 0 Å². The van der Waals surface area contributed by atoms with Crippen molar-refractivity contribution in [1.29, 1.82) is 0 Å². The van der Waals surface area contributed by atoms with Crippen LogP contribution in [0.2, 0.25) is 0 Å². The minimum Gasteiger partial charge on any atom is -0.497 e.